The van der Waals surface area contributed by atoms with Crippen LogP contribution in [0.15, 0.2) is 52.7 Å². The Morgan fingerprint density at radius 1 is 0.935 bits per heavy atom. The van der Waals surface area contributed by atoms with Gasteiger partial charge < -0.3 is 20.5 Å². The Morgan fingerprint density at radius 2 is 1.71 bits per heavy atom. The zero-order valence-electron chi connectivity index (χ0n) is 17.5. The van der Waals surface area contributed by atoms with Crippen LogP contribution in [0.1, 0.15) is 48.0 Å². The van der Waals surface area contributed by atoms with Gasteiger partial charge in [0, 0.05) is 6.54 Å². The number of benzene rings is 2. The van der Waals surface area contributed by atoms with Crippen molar-refractivity contribution in [2.75, 3.05) is 19.6 Å². The Hall–Kier alpha value is -3.26. The number of nitrogens with zero attached hydrogens (tertiary/aromatic N) is 2. The molecule has 1 amide bonds. The molecule has 31 heavy (non-hydrogen) atoms. The molecule has 0 bridgehead atoms. The van der Waals surface area contributed by atoms with E-state index in [-0.39, 0.29) is 11.3 Å². The number of ether oxygens (including phenoxy) is 1. The molecule has 0 saturated heterocycles. The van der Waals surface area contributed by atoms with E-state index >= 15 is 0 Å². The zero-order chi connectivity index (χ0) is 21.9. The van der Waals surface area contributed by atoms with E-state index in [0.29, 0.717) is 24.4 Å². The minimum atomic E-state index is -1.05. The summed E-state index contributed by atoms with van der Waals surface area (Å²) in [6.45, 7) is 2.47. The minimum absolute atomic E-state index is 0.0894. The summed E-state index contributed by atoms with van der Waals surface area (Å²) in [5.41, 5.74) is 1.79. The summed E-state index contributed by atoms with van der Waals surface area (Å²) >= 11 is 0. The van der Waals surface area contributed by atoms with Gasteiger partial charge in [0.1, 0.15) is 11.4 Å². The molecular formula is C23H28N4O4. The minimum Gasteiger partial charge on any atom is -0.478 e. The molecule has 0 fully saturated rings. The molecule has 0 atom stereocenters. The van der Waals surface area contributed by atoms with Crippen LogP contribution in [0.2, 0.25) is 0 Å². The first-order valence-electron chi connectivity index (χ1n) is 10.7. The number of hydrogen-bond donors (Lipinski definition) is 3. The first kappa shape index (κ1) is 22.4. The number of fused-ring (bicyclic) bond motifs is 1. The lowest BCUT2D eigenvalue weighted by Crippen LogP contribution is -2.28. The number of carbonyl (C=O) groups is 2. The van der Waals surface area contributed by atoms with Crippen molar-refractivity contribution in [1.29, 1.82) is 0 Å². The fourth-order valence-electron chi connectivity index (χ4n) is 3.36. The third-order valence-electron chi connectivity index (χ3n) is 5.00. The first-order chi connectivity index (χ1) is 15.1. The Bertz CT molecular complexity index is 930. The average molecular weight is 425 g/mol. The molecule has 1 aliphatic heterocycles. The van der Waals surface area contributed by atoms with Crippen LogP contribution >= 0.6 is 0 Å². The van der Waals surface area contributed by atoms with E-state index < -0.39 is 12.1 Å². The Balaban J connectivity index is 1.78. The van der Waals surface area contributed by atoms with Gasteiger partial charge in [0.25, 0.3) is 0 Å². The van der Waals surface area contributed by atoms with Crippen LogP contribution in [-0.4, -0.2) is 36.8 Å². The quantitative estimate of drug-likeness (QED) is 0.601. The highest BCUT2D eigenvalue weighted by Crippen LogP contribution is 2.28. The van der Waals surface area contributed by atoms with E-state index in [1.807, 2.05) is 6.07 Å². The maximum Gasteiger partial charge on any atom is 0.412 e. The smallest absolute Gasteiger partial charge is 0.412 e. The predicted molar refractivity (Wildman–Crippen MR) is 118 cm³/mol. The lowest BCUT2D eigenvalue weighted by molar-refractivity contribution is 0.0697. The summed E-state index contributed by atoms with van der Waals surface area (Å²) in [7, 11) is 0. The van der Waals surface area contributed by atoms with Crippen molar-refractivity contribution in [1.82, 2.24) is 10.6 Å². The van der Waals surface area contributed by atoms with Gasteiger partial charge in [0.05, 0.1) is 11.3 Å². The number of carbonyl (C=O) groups excluding carboxylic acids is 1. The largest absolute Gasteiger partial charge is 0.478 e. The van der Waals surface area contributed by atoms with E-state index in [0.717, 1.165) is 50.8 Å². The standard InChI is InChI=1S/C23H28N4O4/c28-22(29)19-9-3-4-10-20(19)27-26-18-11-12-21-17(16-18)8-7-14-24-13-5-1-2-6-15-25-23(30)31-21/h3-4,9-12,16,24H,1-2,5-8,13-15H2,(H,25,30)(H,28,29). The van der Waals surface area contributed by atoms with Crippen LogP contribution in [-0.2, 0) is 6.42 Å². The summed E-state index contributed by atoms with van der Waals surface area (Å²) in [4.78, 5) is 23.5. The van der Waals surface area contributed by atoms with Crippen molar-refractivity contribution >= 4 is 23.4 Å². The van der Waals surface area contributed by atoms with Crippen LogP contribution in [0.4, 0.5) is 16.2 Å². The molecule has 0 aliphatic carbocycles. The number of hydrogen-bond acceptors (Lipinski definition) is 6. The fraction of sp³-hybridized carbons (Fsp3) is 0.391. The van der Waals surface area contributed by atoms with E-state index in [1.54, 1.807) is 30.3 Å². The molecule has 2 aromatic carbocycles. The highest BCUT2D eigenvalue weighted by atomic mass is 16.6. The predicted octanol–water partition coefficient (Wildman–Crippen LogP) is 4.98. The number of azo groups is 1. The SMILES string of the molecule is O=C1NCCCCCCNCCCc2cc(N=Nc3ccccc3C(=O)O)ccc2O1. The third-order valence-corrected chi connectivity index (χ3v) is 5.00. The van der Waals surface area contributed by atoms with Gasteiger partial charge in [-0.15, -0.1) is 5.11 Å². The monoisotopic (exact) mass is 424 g/mol. The fourth-order valence-corrected chi connectivity index (χ4v) is 3.36. The van der Waals surface area contributed by atoms with Gasteiger partial charge in [-0.25, -0.2) is 9.59 Å². The van der Waals surface area contributed by atoms with Crippen LogP contribution < -0.4 is 15.4 Å². The molecule has 164 valence electrons. The van der Waals surface area contributed by atoms with Gasteiger partial charge in [-0.2, -0.15) is 5.11 Å². The van der Waals surface area contributed by atoms with Gasteiger partial charge >= 0.3 is 12.1 Å². The molecular weight excluding hydrogens is 396 g/mol. The van der Waals surface area contributed by atoms with Crippen LogP contribution in [0.3, 0.4) is 0 Å². The van der Waals surface area contributed by atoms with Gasteiger partial charge in [0.15, 0.2) is 0 Å². The second kappa shape index (κ2) is 11.8. The van der Waals surface area contributed by atoms with Crippen LogP contribution in [0, 0.1) is 0 Å². The molecule has 0 aromatic heterocycles. The first-order valence-corrected chi connectivity index (χ1v) is 10.7. The van der Waals surface area contributed by atoms with E-state index in [2.05, 4.69) is 20.9 Å². The molecule has 0 radical (unpaired) electrons. The zero-order valence-corrected chi connectivity index (χ0v) is 17.5. The summed E-state index contributed by atoms with van der Waals surface area (Å²) < 4.78 is 5.52. The number of rotatable bonds is 3. The number of carboxylic acids is 1. The number of aromatic carboxylic acids is 1. The van der Waals surface area contributed by atoms with Crippen molar-refractivity contribution in [2.24, 2.45) is 10.2 Å². The van der Waals surface area contributed by atoms with Gasteiger partial charge in [-0.05, 0) is 74.7 Å². The maximum atomic E-state index is 12.1. The third kappa shape index (κ3) is 7.18. The number of aryl methyl sites for hydroxylation is 1. The second-order valence-electron chi connectivity index (χ2n) is 7.40. The number of nitrogens with one attached hydrogen (secondary N) is 2. The van der Waals surface area contributed by atoms with Crippen molar-refractivity contribution < 1.29 is 19.4 Å². The van der Waals surface area contributed by atoms with Gasteiger partial charge in [-0.3, -0.25) is 0 Å². The molecule has 3 N–H and O–H groups in total. The maximum absolute atomic E-state index is 12.1. The Morgan fingerprint density at radius 3 is 2.55 bits per heavy atom. The summed E-state index contributed by atoms with van der Waals surface area (Å²) in [6.07, 6.45) is 5.42. The summed E-state index contributed by atoms with van der Waals surface area (Å²) in [6, 6.07) is 11.7. The number of carboxylic acid groups (broad SMARTS) is 1. The van der Waals surface area contributed by atoms with Crippen molar-refractivity contribution in [3.05, 3.63) is 53.6 Å². The van der Waals surface area contributed by atoms with E-state index in [4.69, 9.17) is 4.74 Å². The van der Waals surface area contributed by atoms with Gasteiger partial charge in [0.2, 0.25) is 0 Å². The van der Waals surface area contributed by atoms with Gasteiger partial charge in [-0.1, -0.05) is 25.0 Å². The second-order valence-corrected chi connectivity index (χ2v) is 7.40. The summed E-state index contributed by atoms with van der Waals surface area (Å²) in [5, 5.41) is 23.9. The molecule has 2 aromatic rings. The van der Waals surface area contributed by atoms with Crippen molar-refractivity contribution in [3.8, 4) is 5.75 Å². The normalized spacial score (nSPS) is 16.5. The topological polar surface area (TPSA) is 112 Å². The summed E-state index contributed by atoms with van der Waals surface area (Å²) in [5.74, 6) is -0.557. The lowest BCUT2D eigenvalue weighted by Gasteiger charge is -2.11. The molecule has 0 spiro atoms. The average Bonchev–Trinajstić information content (AvgIpc) is 2.77. The number of amides is 1. The van der Waals surface area contributed by atoms with Crippen molar-refractivity contribution in [2.45, 2.75) is 38.5 Å². The van der Waals surface area contributed by atoms with Crippen LogP contribution in [0.25, 0.3) is 0 Å². The lowest BCUT2D eigenvalue weighted by atomic mass is 10.1. The molecule has 0 unspecified atom stereocenters. The highest BCUT2D eigenvalue weighted by Gasteiger charge is 2.12. The molecule has 1 aliphatic rings. The van der Waals surface area contributed by atoms with Crippen LogP contribution in [0.5, 0.6) is 5.75 Å². The molecule has 8 nitrogen and oxygen atoms in total. The van der Waals surface area contributed by atoms with E-state index in [1.165, 1.54) is 6.07 Å². The molecule has 3 rings (SSSR count). The van der Waals surface area contributed by atoms with E-state index in [9.17, 15) is 14.7 Å². The highest BCUT2D eigenvalue weighted by molar-refractivity contribution is 5.93. The molecule has 1 heterocycles. The Labute approximate surface area is 181 Å². The van der Waals surface area contributed by atoms with Crippen molar-refractivity contribution in [3.63, 3.8) is 0 Å². The Kier molecular flexibility index (Phi) is 8.54. The molecule has 0 saturated carbocycles. The molecule has 8 heteroatoms.